The van der Waals surface area contributed by atoms with E-state index in [1.54, 1.807) is 0 Å². The van der Waals surface area contributed by atoms with E-state index >= 15 is 0 Å². The molecule has 2 saturated carbocycles. The number of hydrogen-bond donors (Lipinski definition) is 3. The Morgan fingerprint density at radius 3 is 2.65 bits per heavy atom. The average Bonchev–Trinajstić information content (AvgIpc) is 2.89. The summed E-state index contributed by atoms with van der Waals surface area (Å²) in [7, 11) is 0. The van der Waals surface area contributed by atoms with Crippen LogP contribution in [-0.2, 0) is 0 Å². The summed E-state index contributed by atoms with van der Waals surface area (Å²) in [6.45, 7) is 2.54. The first kappa shape index (κ1) is 12.7. The van der Waals surface area contributed by atoms with Crippen LogP contribution < -0.4 is 11.1 Å². The Morgan fingerprint density at radius 1 is 1.35 bits per heavy atom. The highest BCUT2D eigenvalue weighted by atomic mass is 16.3. The van der Waals surface area contributed by atoms with Gasteiger partial charge in [0.15, 0.2) is 5.96 Å². The minimum absolute atomic E-state index is 0.338. The lowest BCUT2D eigenvalue weighted by atomic mass is 9.93. The maximum absolute atomic E-state index is 10.4. The summed E-state index contributed by atoms with van der Waals surface area (Å²) >= 11 is 0. The standard InChI is InChI=1S/C13H25N3O/c1-10-5-4-8-13(10,17)9-15-12(14)16-11-6-2-3-7-11/h10-11,17H,2-9H2,1H3,(H3,14,15,16). The minimum atomic E-state index is -0.623. The van der Waals surface area contributed by atoms with E-state index < -0.39 is 5.60 Å². The fourth-order valence-corrected chi connectivity index (χ4v) is 3.01. The lowest BCUT2D eigenvalue weighted by Crippen LogP contribution is -2.41. The van der Waals surface area contributed by atoms with Crippen molar-refractivity contribution in [2.75, 3.05) is 6.54 Å². The summed E-state index contributed by atoms with van der Waals surface area (Å²) in [6.07, 6.45) is 8.01. The monoisotopic (exact) mass is 239 g/mol. The van der Waals surface area contributed by atoms with Crippen LogP contribution in [0.15, 0.2) is 4.99 Å². The molecule has 0 heterocycles. The fraction of sp³-hybridized carbons (Fsp3) is 0.923. The van der Waals surface area contributed by atoms with Gasteiger partial charge in [0.05, 0.1) is 12.1 Å². The van der Waals surface area contributed by atoms with Crippen molar-refractivity contribution >= 4 is 5.96 Å². The van der Waals surface area contributed by atoms with Gasteiger partial charge in [0.25, 0.3) is 0 Å². The van der Waals surface area contributed by atoms with Gasteiger partial charge in [0, 0.05) is 6.04 Å². The van der Waals surface area contributed by atoms with Crippen LogP contribution in [0.4, 0.5) is 0 Å². The lowest BCUT2D eigenvalue weighted by molar-refractivity contribution is 0.0186. The molecule has 2 aliphatic carbocycles. The Bertz CT molecular complexity index is 286. The Hall–Kier alpha value is -0.770. The van der Waals surface area contributed by atoms with E-state index in [-0.39, 0.29) is 0 Å². The highest BCUT2D eigenvalue weighted by Gasteiger charge is 2.37. The Balaban J connectivity index is 1.82. The minimum Gasteiger partial charge on any atom is -0.388 e. The molecule has 4 nitrogen and oxygen atoms in total. The maximum Gasteiger partial charge on any atom is 0.188 e. The molecular weight excluding hydrogens is 214 g/mol. The highest BCUT2D eigenvalue weighted by molar-refractivity contribution is 5.78. The van der Waals surface area contributed by atoms with Crippen molar-refractivity contribution in [3.8, 4) is 0 Å². The molecule has 2 unspecified atom stereocenters. The molecule has 0 radical (unpaired) electrons. The van der Waals surface area contributed by atoms with E-state index in [9.17, 15) is 5.11 Å². The van der Waals surface area contributed by atoms with Crippen LogP contribution in [0.2, 0.25) is 0 Å². The van der Waals surface area contributed by atoms with Crippen LogP contribution in [-0.4, -0.2) is 29.3 Å². The van der Waals surface area contributed by atoms with Crippen LogP contribution in [0.3, 0.4) is 0 Å². The molecule has 2 rings (SSSR count). The van der Waals surface area contributed by atoms with Gasteiger partial charge in [-0.15, -0.1) is 0 Å². The third kappa shape index (κ3) is 3.12. The lowest BCUT2D eigenvalue weighted by Gasteiger charge is -2.25. The Kier molecular flexibility index (Phi) is 3.92. The van der Waals surface area contributed by atoms with Crippen molar-refractivity contribution in [1.29, 1.82) is 0 Å². The second-order valence-corrected chi connectivity index (χ2v) is 5.72. The summed E-state index contributed by atoms with van der Waals surface area (Å²) in [5.41, 5.74) is 5.24. The second kappa shape index (κ2) is 5.25. The number of hydrogen-bond acceptors (Lipinski definition) is 2. The zero-order valence-electron chi connectivity index (χ0n) is 10.8. The van der Waals surface area contributed by atoms with Crippen LogP contribution in [0.5, 0.6) is 0 Å². The van der Waals surface area contributed by atoms with Gasteiger partial charge in [-0.1, -0.05) is 26.2 Å². The van der Waals surface area contributed by atoms with Crippen molar-refractivity contribution < 1.29 is 5.11 Å². The molecule has 4 heteroatoms. The molecule has 0 aromatic heterocycles. The number of nitrogens with one attached hydrogen (secondary N) is 1. The van der Waals surface area contributed by atoms with Crippen LogP contribution in [0.25, 0.3) is 0 Å². The predicted molar refractivity (Wildman–Crippen MR) is 69.8 cm³/mol. The molecule has 0 aliphatic heterocycles. The molecule has 0 saturated heterocycles. The van der Waals surface area contributed by atoms with Gasteiger partial charge in [-0.05, 0) is 31.6 Å². The molecule has 0 amide bonds. The summed E-state index contributed by atoms with van der Waals surface area (Å²) in [6, 6.07) is 0.495. The third-order valence-corrected chi connectivity index (χ3v) is 4.39. The normalized spacial score (nSPS) is 35.4. The summed E-state index contributed by atoms with van der Waals surface area (Å²) < 4.78 is 0. The number of guanidine groups is 1. The first-order valence-corrected chi connectivity index (χ1v) is 6.89. The van der Waals surface area contributed by atoms with Crippen LogP contribution >= 0.6 is 0 Å². The maximum atomic E-state index is 10.4. The average molecular weight is 239 g/mol. The van der Waals surface area contributed by atoms with Crippen molar-refractivity contribution in [2.45, 2.75) is 63.5 Å². The van der Waals surface area contributed by atoms with Gasteiger partial charge in [-0.2, -0.15) is 0 Å². The smallest absolute Gasteiger partial charge is 0.188 e. The molecule has 0 spiro atoms. The number of nitrogens with two attached hydrogens (primary N) is 1. The highest BCUT2D eigenvalue weighted by Crippen LogP contribution is 2.35. The van der Waals surface area contributed by atoms with Gasteiger partial charge in [0.1, 0.15) is 0 Å². The Morgan fingerprint density at radius 2 is 2.06 bits per heavy atom. The SMILES string of the molecule is CC1CCCC1(O)CN=C(N)NC1CCCC1. The molecule has 0 aromatic rings. The van der Waals surface area contributed by atoms with Crippen molar-refractivity contribution in [3.05, 3.63) is 0 Å². The van der Waals surface area contributed by atoms with Crippen LogP contribution in [0.1, 0.15) is 51.9 Å². The largest absolute Gasteiger partial charge is 0.388 e. The molecular formula is C13H25N3O. The molecule has 0 aromatic carbocycles. The van der Waals surface area contributed by atoms with E-state index in [0.717, 1.165) is 19.3 Å². The fourth-order valence-electron chi connectivity index (χ4n) is 3.01. The zero-order valence-corrected chi connectivity index (χ0v) is 10.8. The topological polar surface area (TPSA) is 70.6 Å². The van der Waals surface area contributed by atoms with Crippen LogP contribution in [0, 0.1) is 5.92 Å². The zero-order chi connectivity index (χ0) is 12.3. The molecule has 98 valence electrons. The van der Waals surface area contributed by atoms with Crippen molar-refractivity contribution in [2.24, 2.45) is 16.6 Å². The number of rotatable bonds is 3. The summed E-state index contributed by atoms with van der Waals surface area (Å²) in [4.78, 5) is 4.33. The third-order valence-electron chi connectivity index (χ3n) is 4.39. The second-order valence-electron chi connectivity index (χ2n) is 5.72. The van der Waals surface area contributed by atoms with E-state index in [2.05, 4.69) is 17.2 Å². The molecule has 17 heavy (non-hydrogen) atoms. The van der Waals surface area contributed by atoms with E-state index in [1.165, 1.54) is 25.7 Å². The molecule has 0 bridgehead atoms. The molecule has 4 N–H and O–H groups in total. The van der Waals surface area contributed by atoms with E-state index in [0.29, 0.717) is 24.5 Å². The first-order valence-electron chi connectivity index (χ1n) is 6.89. The quantitative estimate of drug-likeness (QED) is 0.515. The van der Waals surface area contributed by atoms with Crippen molar-refractivity contribution in [3.63, 3.8) is 0 Å². The van der Waals surface area contributed by atoms with E-state index in [1.807, 2.05) is 0 Å². The predicted octanol–water partition coefficient (Wildman–Crippen LogP) is 1.38. The van der Waals surface area contributed by atoms with Gasteiger partial charge in [-0.25, -0.2) is 0 Å². The Labute approximate surface area is 104 Å². The first-order chi connectivity index (χ1) is 8.10. The van der Waals surface area contributed by atoms with Crippen molar-refractivity contribution in [1.82, 2.24) is 5.32 Å². The van der Waals surface area contributed by atoms with Gasteiger partial charge in [0.2, 0.25) is 0 Å². The van der Waals surface area contributed by atoms with Gasteiger partial charge >= 0.3 is 0 Å². The summed E-state index contributed by atoms with van der Waals surface area (Å²) in [5, 5.41) is 13.6. The number of aliphatic hydroxyl groups is 1. The summed E-state index contributed by atoms with van der Waals surface area (Å²) in [5.74, 6) is 0.843. The molecule has 2 atom stereocenters. The number of nitrogens with zero attached hydrogens (tertiary/aromatic N) is 1. The van der Waals surface area contributed by atoms with E-state index in [4.69, 9.17) is 5.73 Å². The van der Waals surface area contributed by atoms with Gasteiger partial charge in [-0.3, -0.25) is 4.99 Å². The molecule has 2 fully saturated rings. The molecule has 2 aliphatic rings. The van der Waals surface area contributed by atoms with Gasteiger partial charge < -0.3 is 16.2 Å². The number of aliphatic imine (C=N–C) groups is 1.